The van der Waals surface area contributed by atoms with Gasteiger partial charge in [-0.3, -0.25) is 4.79 Å². The summed E-state index contributed by atoms with van der Waals surface area (Å²) in [4.78, 5) is 19.6. The van der Waals surface area contributed by atoms with Crippen LogP contribution < -0.4 is 10.6 Å². The number of nitrogens with zero attached hydrogens (tertiary/aromatic N) is 3. The maximum Gasteiger partial charge on any atom is 0.219 e. The Hall–Kier alpha value is -1.78. The van der Waals surface area contributed by atoms with Crippen molar-refractivity contribution in [2.45, 2.75) is 13.8 Å². The van der Waals surface area contributed by atoms with E-state index in [1.807, 2.05) is 17.9 Å². The number of carbonyl (C=O) groups excluding carboxylic acids is 1. The van der Waals surface area contributed by atoms with Crippen LogP contribution >= 0.6 is 0 Å². The summed E-state index contributed by atoms with van der Waals surface area (Å²) < 4.78 is 0. The van der Waals surface area contributed by atoms with E-state index in [-0.39, 0.29) is 5.91 Å². The van der Waals surface area contributed by atoms with Crippen molar-refractivity contribution in [3.8, 4) is 0 Å². The molecule has 0 radical (unpaired) electrons. The van der Waals surface area contributed by atoms with Crippen LogP contribution in [0.2, 0.25) is 0 Å². The van der Waals surface area contributed by atoms with Crippen molar-refractivity contribution in [1.82, 2.24) is 9.88 Å². The summed E-state index contributed by atoms with van der Waals surface area (Å²) in [5, 5.41) is 0. The smallest absolute Gasteiger partial charge is 0.219 e. The standard InChI is InChI=1S/C12H18N4O/c1-9-3-4-14-12(11(9)13)16-7-5-15(6-8-16)10(2)17/h3-4H,5-8,13H2,1-2H3. The van der Waals surface area contributed by atoms with Gasteiger partial charge in [-0.2, -0.15) is 0 Å². The molecule has 1 aliphatic heterocycles. The van der Waals surface area contributed by atoms with E-state index >= 15 is 0 Å². The number of nitrogen functional groups attached to an aromatic ring is 1. The van der Waals surface area contributed by atoms with Crippen LogP contribution in [-0.2, 0) is 4.79 Å². The van der Waals surface area contributed by atoms with Gasteiger partial charge in [0.2, 0.25) is 5.91 Å². The van der Waals surface area contributed by atoms with Gasteiger partial charge in [0.1, 0.15) is 0 Å². The number of hydrogen-bond acceptors (Lipinski definition) is 4. The minimum atomic E-state index is 0.134. The van der Waals surface area contributed by atoms with Gasteiger partial charge in [-0.05, 0) is 18.6 Å². The van der Waals surface area contributed by atoms with Gasteiger partial charge in [0.15, 0.2) is 5.82 Å². The Bertz CT molecular complexity index is 425. The molecule has 0 aromatic carbocycles. The summed E-state index contributed by atoms with van der Waals surface area (Å²) in [5.41, 5.74) is 7.81. The van der Waals surface area contributed by atoms with E-state index in [1.54, 1.807) is 13.1 Å². The number of rotatable bonds is 1. The molecule has 1 aromatic heterocycles. The lowest BCUT2D eigenvalue weighted by Gasteiger charge is -2.35. The van der Waals surface area contributed by atoms with Gasteiger partial charge in [0.05, 0.1) is 5.69 Å². The molecule has 0 atom stereocenters. The summed E-state index contributed by atoms with van der Waals surface area (Å²) in [6.45, 7) is 6.65. The Balaban J connectivity index is 2.10. The molecule has 2 heterocycles. The second kappa shape index (κ2) is 4.61. The fourth-order valence-corrected chi connectivity index (χ4v) is 2.04. The first-order valence-electron chi connectivity index (χ1n) is 5.81. The maximum absolute atomic E-state index is 11.2. The zero-order chi connectivity index (χ0) is 12.4. The van der Waals surface area contributed by atoms with E-state index in [2.05, 4.69) is 9.88 Å². The van der Waals surface area contributed by atoms with Gasteiger partial charge < -0.3 is 15.5 Å². The zero-order valence-corrected chi connectivity index (χ0v) is 10.3. The predicted molar refractivity (Wildman–Crippen MR) is 67.9 cm³/mol. The van der Waals surface area contributed by atoms with Gasteiger partial charge in [0.25, 0.3) is 0 Å². The SMILES string of the molecule is CC(=O)N1CCN(c2nccc(C)c2N)CC1. The summed E-state index contributed by atoms with van der Waals surface area (Å²) >= 11 is 0. The van der Waals surface area contributed by atoms with Gasteiger partial charge in [-0.25, -0.2) is 4.98 Å². The second-order valence-corrected chi connectivity index (χ2v) is 4.36. The number of piperazine rings is 1. The molecule has 1 fully saturated rings. The van der Waals surface area contributed by atoms with Crippen LogP contribution in [-0.4, -0.2) is 42.0 Å². The van der Waals surface area contributed by atoms with Crippen LogP contribution in [0.4, 0.5) is 11.5 Å². The van der Waals surface area contributed by atoms with E-state index < -0.39 is 0 Å². The monoisotopic (exact) mass is 234 g/mol. The molecule has 0 spiro atoms. The molecule has 1 aliphatic rings. The quantitative estimate of drug-likeness (QED) is 0.774. The van der Waals surface area contributed by atoms with Crippen LogP contribution in [0.5, 0.6) is 0 Å². The molecule has 92 valence electrons. The topological polar surface area (TPSA) is 62.5 Å². The van der Waals surface area contributed by atoms with Crippen LogP contribution in [0.15, 0.2) is 12.3 Å². The van der Waals surface area contributed by atoms with Gasteiger partial charge in [-0.1, -0.05) is 0 Å². The zero-order valence-electron chi connectivity index (χ0n) is 10.3. The summed E-state index contributed by atoms with van der Waals surface area (Å²) in [6.07, 6.45) is 1.78. The third kappa shape index (κ3) is 2.33. The number of pyridine rings is 1. The average molecular weight is 234 g/mol. The van der Waals surface area contributed by atoms with Crippen molar-refractivity contribution in [3.05, 3.63) is 17.8 Å². The van der Waals surface area contributed by atoms with Crippen molar-refractivity contribution in [3.63, 3.8) is 0 Å². The minimum absolute atomic E-state index is 0.134. The minimum Gasteiger partial charge on any atom is -0.396 e. The molecule has 1 aromatic rings. The van der Waals surface area contributed by atoms with E-state index in [4.69, 9.17) is 5.73 Å². The van der Waals surface area contributed by atoms with E-state index in [1.165, 1.54) is 0 Å². The van der Waals surface area contributed by atoms with E-state index in [0.29, 0.717) is 0 Å². The van der Waals surface area contributed by atoms with Crippen molar-refractivity contribution in [1.29, 1.82) is 0 Å². The molecule has 0 bridgehead atoms. The number of amides is 1. The molecule has 2 N–H and O–H groups in total. The predicted octanol–water partition coefficient (Wildman–Crippen LogP) is 0.641. The maximum atomic E-state index is 11.2. The lowest BCUT2D eigenvalue weighted by molar-refractivity contribution is -0.129. The molecular weight excluding hydrogens is 216 g/mol. The largest absolute Gasteiger partial charge is 0.396 e. The number of nitrogens with two attached hydrogens (primary N) is 1. The summed E-state index contributed by atoms with van der Waals surface area (Å²) in [7, 11) is 0. The lowest BCUT2D eigenvalue weighted by Crippen LogP contribution is -2.48. The Kier molecular flexibility index (Phi) is 3.17. The van der Waals surface area contributed by atoms with Crippen LogP contribution in [0, 0.1) is 6.92 Å². The first-order chi connectivity index (χ1) is 8.09. The van der Waals surface area contributed by atoms with Gasteiger partial charge in [-0.15, -0.1) is 0 Å². The highest BCUT2D eigenvalue weighted by Gasteiger charge is 2.21. The fraction of sp³-hybridized carbons (Fsp3) is 0.500. The van der Waals surface area contributed by atoms with E-state index in [9.17, 15) is 4.79 Å². The molecular formula is C12H18N4O. The molecule has 5 nitrogen and oxygen atoms in total. The third-order valence-electron chi connectivity index (χ3n) is 3.21. The molecule has 0 saturated carbocycles. The summed E-state index contributed by atoms with van der Waals surface area (Å²) in [6, 6.07) is 1.91. The highest BCUT2D eigenvalue weighted by molar-refractivity contribution is 5.74. The van der Waals surface area contributed by atoms with Crippen LogP contribution in [0.3, 0.4) is 0 Å². The number of anilines is 2. The Labute approximate surface area is 101 Å². The van der Waals surface area contributed by atoms with Gasteiger partial charge in [0, 0.05) is 39.3 Å². The van der Waals surface area contributed by atoms with Crippen molar-refractivity contribution >= 4 is 17.4 Å². The second-order valence-electron chi connectivity index (χ2n) is 4.36. The van der Waals surface area contributed by atoms with Crippen LogP contribution in [0.1, 0.15) is 12.5 Å². The molecule has 1 amide bonds. The first kappa shape index (κ1) is 11.7. The molecule has 1 saturated heterocycles. The Morgan fingerprint density at radius 3 is 2.59 bits per heavy atom. The highest BCUT2D eigenvalue weighted by Crippen LogP contribution is 2.24. The number of aromatic nitrogens is 1. The Morgan fingerprint density at radius 2 is 2.00 bits per heavy atom. The molecule has 0 aliphatic carbocycles. The molecule has 2 rings (SSSR count). The van der Waals surface area contributed by atoms with Crippen molar-refractivity contribution < 1.29 is 4.79 Å². The number of hydrogen-bond donors (Lipinski definition) is 1. The molecule has 17 heavy (non-hydrogen) atoms. The number of aryl methyl sites for hydroxylation is 1. The van der Waals surface area contributed by atoms with Crippen molar-refractivity contribution in [2.24, 2.45) is 0 Å². The fourth-order valence-electron chi connectivity index (χ4n) is 2.04. The number of carbonyl (C=O) groups is 1. The van der Waals surface area contributed by atoms with E-state index in [0.717, 1.165) is 43.2 Å². The van der Waals surface area contributed by atoms with Crippen LogP contribution in [0.25, 0.3) is 0 Å². The molecule has 0 unspecified atom stereocenters. The average Bonchev–Trinajstić information content (AvgIpc) is 2.33. The first-order valence-corrected chi connectivity index (χ1v) is 5.81. The summed E-state index contributed by atoms with van der Waals surface area (Å²) in [5.74, 6) is 0.975. The Morgan fingerprint density at radius 1 is 1.35 bits per heavy atom. The van der Waals surface area contributed by atoms with Crippen molar-refractivity contribution in [2.75, 3.05) is 36.8 Å². The van der Waals surface area contributed by atoms with Gasteiger partial charge >= 0.3 is 0 Å². The highest BCUT2D eigenvalue weighted by atomic mass is 16.2. The normalized spacial score (nSPS) is 16.1. The lowest BCUT2D eigenvalue weighted by atomic mass is 10.2. The molecule has 5 heteroatoms. The third-order valence-corrected chi connectivity index (χ3v) is 3.21.